The van der Waals surface area contributed by atoms with Crippen molar-refractivity contribution in [1.29, 1.82) is 5.26 Å². The van der Waals surface area contributed by atoms with Gasteiger partial charge in [-0.3, -0.25) is 4.79 Å². The van der Waals surface area contributed by atoms with Crippen LogP contribution in [0.25, 0.3) is 0 Å². The first-order valence-corrected chi connectivity index (χ1v) is 10.6. The third-order valence-electron chi connectivity index (χ3n) is 5.79. The van der Waals surface area contributed by atoms with E-state index in [1.54, 1.807) is 24.3 Å². The minimum atomic E-state index is -0.0468. The molecule has 0 radical (unpaired) electrons. The molecule has 2 heterocycles. The maximum absolute atomic E-state index is 13.0. The molecule has 32 heavy (non-hydrogen) atoms. The summed E-state index contributed by atoms with van der Waals surface area (Å²) in [6, 6.07) is 22.9. The van der Waals surface area contributed by atoms with Crippen LogP contribution >= 0.6 is 0 Å². The highest BCUT2D eigenvalue weighted by atomic mass is 16.5. The lowest BCUT2D eigenvalue weighted by Crippen LogP contribution is -2.50. The quantitative estimate of drug-likeness (QED) is 0.579. The predicted octanol–water partition coefficient (Wildman–Crippen LogP) is 4.51. The van der Waals surface area contributed by atoms with Crippen molar-refractivity contribution in [2.45, 2.75) is 6.92 Å². The number of nitriles is 1. The molecule has 3 aromatic carbocycles. The van der Waals surface area contributed by atoms with Crippen molar-refractivity contribution in [3.8, 4) is 17.6 Å². The van der Waals surface area contributed by atoms with E-state index in [0.29, 0.717) is 37.3 Å². The van der Waals surface area contributed by atoms with Crippen LogP contribution in [0.4, 0.5) is 5.69 Å². The van der Waals surface area contributed by atoms with Gasteiger partial charge in [0.25, 0.3) is 5.91 Å². The molecule has 0 saturated carbocycles. The zero-order valence-electron chi connectivity index (χ0n) is 17.8. The summed E-state index contributed by atoms with van der Waals surface area (Å²) < 4.78 is 6.19. The zero-order valence-corrected chi connectivity index (χ0v) is 17.8. The number of nitrogens with zero attached hydrogens (tertiary/aromatic N) is 4. The molecule has 0 spiro atoms. The fourth-order valence-corrected chi connectivity index (χ4v) is 4.10. The SMILES string of the molecule is Cc1ccc2c(c1)C(N1CCN(C(=O)c3cccc(C#N)c3)CC1)=Nc1ccccc1O2. The Morgan fingerprint density at radius 2 is 1.78 bits per heavy atom. The number of rotatable bonds is 1. The second kappa shape index (κ2) is 8.20. The summed E-state index contributed by atoms with van der Waals surface area (Å²) >= 11 is 0. The molecule has 2 aliphatic heterocycles. The Balaban J connectivity index is 1.41. The summed E-state index contributed by atoms with van der Waals surface area (Å²) in [6.45, 7) is 4.55. The van der Waals surface area contributed by atoms with Gasteiger partial charge in [0.05, 0.1) is 17.2 Å². The van der Waals surface area contributed by atoms with Crippen LogP contribution in [0.3, 0.4) is 0 Å². The van der Waals surface area contributed by atoms with Crippen molar-refractivity contribution in [3.05, 3.63) is 89.0 Å². The molecule has 1 saturated heterocycles. The van der Waals surface area contributed by atoms with E-state index >= 15 is 0 Å². The molecule has 0 N–H and O–H groups in total. The topological polar surface area (TPSA) is 68.9 Å². The van der Waals surface area contributed by atoms with E-state index in [-0.39, 0.29) is 5.91 Å². The number of ether oxygens (including phenoxy) is 1. The van der Waals surface area contributed by atoms with E-state index in [1.807, 2.05) is 41.3 Å². The first kappa shape index (κ1) is 19.8. The summed E-state index contributed by atoms with van der Waals surface area (Å²) in [6.07, 6.45) is 0. The van der Waals surface area contributed by atoms with Gasteiger partial charge in [-0.05, 0) is 49.4 Å². The number of amides is 1. The molecule has 6 nitrogen and oxygen atoms in total. The van der Waals surface area contributed by atoms with E-state index in [2.05, 4.69) is 24.0 Å². The van der Waals surface area contributed by atoms with Gasteiger partial charge >= 0.3 is 0 Å². The Labute approximate surface area is 187 Å². The molecule has 1 fully saturated rings. The average Bonchev–Trinajstić information content (AvgIpc) is 3.00. The highest BCUT2D eigenvalue weighted by Gasteiger charge is 2.28. The summed E-state index contributed by atoms with van der Waals surface area (Å²) in [5.74, 6) is 2.34. The molecule has 0 atom stereocenters. The predicted molar refractivity (Wildman–Crippen MR) is 123 cm³/mol. The number of fused-ring (bicyclic) bond motifs is 2. The number of aryl methyl sites for hydroxylation is 1. The fraction of sp³-hybridized carbons (Fsp3) is 0.192. The van der Waals surface area contributed by atoms with Gasteiger partial charge in [-0.1, -0.05) is 29.8 Å². The first-order chi connectivity index (χ1) is 15.6. The molecular formula is C26H22N4O2. The Bertz CT molecular complexity index is 1270. The van der Waals surface area contributed by atoms with Crippen molar-refractivity contribution < 1.29 is 9.53 Å². The number of hydrogen-bond acceptors (Lipinski definition) is 5. The highest BCUT2D eigenvalue weighted by Crippen LogP contribution is 2.38. The van der Waals surface area contributed by atoms with Crippen LogP contribution in [0.15, 0.2) is 71.7 Å². The van der Waals surface area contributed by atoms with Crippen molar-refractivity contribution in [2.24, 2.45) is 4.99 Å². The van der Waals surface area contributed by atoms with Gasteiger partial charge in [0.15, 0.2) is 5.75 Å². The normalized spacial score (nSPS) is 14.9. The van der Waals surface area contributed by atoms with Gasteiger partial charge in [0.1, 0.15) is 17.3 Å². The number of carbonyl (C=O) groups is 1. The highest BCUT2D eigenvalue weighted by molar-refractivity contribution is 6.04. The number of piperazine rings is 1. The van der Waals surface area contributed by atoms with Crippen LogP contribution in [0.1, 0.15) is 27.0 Å². The second-order valence-corrected chi connectivity index (χ2v) is 7.98. The van der Waals surface area contributed by atoms with Crippen LogP contribution in [0, 0.1) is 18.3 Å². The molecule has 158 valence electrons. The maximum Gasteiger partial charge on any atom is 0.254 e. The molecule has 6 heteroatoms. The lowest BCUT2D eigenvalue weighted by molar-refractivity contribution is 0.0692. The van der Waals surface area contributed by atoms with Gasteiger partial charge in [0.2, 0.25) is 0 Å². The number of hydrogen-bond donors (Lipinski definition) is 0. The van der Waals surface area contributed by atoms with E-state index < -0.39 is 0 Å². The Morgan fingerprint density at radius 1 is 0.969 bits per heavy atom. The molecule has 2 aliphatic rings. The van der Waals surface area contributed by atoms with Crippen LogP contribution in [0.2, 0.25) is 0 Å². The van der Waals surface area contributed by atoms with Gasteiger partial charge in [-0.2, -0.15) is 5.26 Å². The first-order valence-electron chi connectivity index (χ1n) is 10.6. The molecule has 3 aromatic rings. The molecule has 0 aromatic heterocycles. The largest absolute Gasteiger partial charge is 0.454 e. The van der Waals surface area contributed by atoms with Gasteiger partial charge in [-0.15, -0.1) is 0 Å². The van der Waals surface area contributed by atoms with E-state index in [1.165, 1.54) is 0 Å². The van der Waals surface area contributed by atoms with Crippen molar-refractivity contribution in [1.82, 2.24) is 9.80 Å². The van der Waals surface area contributed by atoms with Gasteiger partial charge in [-0.25, -0.2) is 4.99 Å². The lowest BCUT2D eigenvalue weighted by atomic mass is 10.1. The van der Waals surface area contributed by atoms with Crippen LogP contribution in [-0.4, -0.2) is 47.7 Å². The minimum Gasteiger partial charge on any atom is -0.454 e. The summed E-state index contributed by atoms with van der Waals surface area (Å²) in [5, 5.41) is 9.12. The van der Waals surface area contributed by atoms with Gasteiger partial charge in [0, 0.05) is 31.7 Å². The lowest BCUT2D eigenvalue weighted by Gasteiger charge is -2.36. The van der Waals surface area contributed by atoms with Crippen LogP contribution in [-0.2, 0) is 0 Å². The number of aliphatic imine (C=N–C) groups is 1. The number of carbonyl (C=O) groups excluding carboxylic acids is 1. The Kier molecular flexibility index (Phi) is 5.08. The van der Waals surface area contributed by atoms with Crippen molar-refractivity contribution in [3.63, 3.8) is 0 Å². The molecule has 0 unspecified atom stereocenters. The zero-order chi connectivity index (χ0) is 22.1. The Hall–Kier alpha value is -4.11. The average molecular weight is 422 g/mol. The standard InChI is InChI=1S/C26H22N4O2/c1-18-9-10-23-21(15-18)25(28-22-7-2-3-8-24(22)32-23)29-11-13-30(14-12-29)26(31)20-6-4-5-19(16-20)17-27/h2-10,15-16H,11-14H2,1H3. The minimum absolute atomic E-state index is 0.0468. The van der Waals surface area contributed by atoms with Crippen molar-refractivity contribution in [2.75, 3.05) is 26.2 Å². The second-order valence-electron chi connectivity index (χ2n) is 7.98. The molecule has 0 aliphatic carbocycles. The van der Waals surface area contributed by atoms with E-state index in [9.17, 15) is 4.79 Å². The maximum atomic E-state index is 13.0. The molecule has 5 rings (SSSR count). The van der Waals surface area contributed by atoms with Crippen LogP contribution < -0.4 is 4.74 Å². The van der Waals surface area contributed by atoms with E-state index in [4.69, 9.17) is 15.0 Å². The van der Waals surface area contributed by atoms with Gasteiger partial charge < -0.3 is 14.5 Å². The molecule has 1 amide bonds. The molecular weight excluding hydrogens is 400 g/mol. The number of amidine groups is 1. The number of benzene rings is 3. The monoisotopic (exact) mass is 422 g/mol. The Morgan fingerprint density at radius 3 is 2.59 bits per heavy atom. The summed E-state index contributed by atoms with van der Waals surface area (Å²) in [7, 11) is 0. The summed E-state index contributed by atoms with van der Waals surface area (Å²) in [4.78, 5) is 22.0. The van der Waals surface area contributed by atoms with Crippen LogP contribution in [0.5, 0.6) is 11.5 Å². The van der Waals surface area contributed by atoms with E-state index in [0.717, 1.165) is 34.1 Å². The summed E-state index contributed by atoms with van der Waals surface area (Å²) in [5.41, 5.74) is 3.93. The third-order valence-corrected chi connectivity index (χ3v) is 5.79. The fourth-order valence-electron chi connectivity index (χ4n) is 4.10. The van der Waals surface area contributed by atoms with Crippen molar-refractivity contribution >= 4 is 17.4 Å². The third kappa shape index (κ3) is 3.69. The molecule has 0 bridgehead atoms. The smallest absolute Gasteiger partial charge is 0.254 e. The number of para-hydroxylation sites is 2.